The number of hydrogen-bond donors (Lipinski definition) is 1. The van der Waals surface area contributed by atoms with E-state index in [4.69, 9.17) is 14.2 Å². The van der Waals surface area contributed by atoms with Crippen LogP contribution in [0.3, 0.4) is 0 Å². The van der Waals surface area contributed by atoms with Crippen LogP contribution in [0, 0.1) is 5.92 Å². The Balaban J connectivity index is 2.48. The lowest BCUT2D eigenvalue weighted by molar-refractivity contribution is 0.0810. The lowest BCUT2D eigenvalue weighted by Crippen LogP contribution is -2.13. The van der Waals surface area contributed by atoms with Gasteiger partial charge in [0.25, 0.3) is 0 Å². The van der Waals surface area contributed by atoms with Crippen LogP contribution in [0.2, 0.25) is 0 Å². The molecule has 1 aromatic carbocycles. The molecule has 0 aromatic heterocycles. The van der Waals surface area contributed by atoms with Crippen molar-refractivity contribution in [2.45, 2.75) is 27.3 Å². The van der Waals surface area contributed by atoms with Crippen LogP contribution < -0.4 is 14.8 Å². The van der Waals surface area contributed by atoms with Gasteiger partial charge in [-0.3, -0.25) is 0 Å². The maximum atomic E-state index is 5.75. The van der Waals surface area contributed by atoms with E-state index in [1.54, 1.807) is 7.11 Å². The van der Waals surface area contributed by atoms with Gasteiger partial charge >= 0.3 is 0 Å². The Labute approximate surface area is 122 Å². The third-order valence-electron chi connectivity index (χ3n) is 2.74. The minimum absolute atomic E-state index is 0.535. The van der Waals surface area contributed by atoms with Crippen molar-refractivity contribution in [3.8, 4) is 11.5 Å². The first-order valence-corrected chi connectivity index (χ1v) is 7.25. The Kier molecular flexibility index (Phi) is 8.07. The topological polar surface area (TPSA) is 39.7 Å². The molecule has 1 N–H and O–H groups in total. The molecule has 1 rings (SSSR count). The molecule has 0 aliphatic rings. The maximum absolute atomic E-state index is 5.75. The number of nitrogens with one attached hydrogen (secondary N) is 1. The third-order valence-corrected chi connectivity index (χ3v) is 2.74. The Morgan fingerprint density at radius 2 is 1.95 bits per heavy atom. The van der Waals surface area contributed by atoms with Crippen molar-refractivity contribution in [3.63, 3.8) is 0 Å². The van der Waals surface area contributed by atoms with Gasteiger partial charge < -0.3 is 19.5 Å². The zero-order valence-electron chi connectivity index (χ0n) is 13.1. The van der Waals surface area contributed by atoms with Gasteiger partial charge in [-0.1, -0.05) is 26.8 Å². The molecule has 4 nitrogen and oxygen atoms in total. The summed E-state index contributed by atoms with van der Waals surface area (Å²) in [5, 5.41) is 3.30. The van der Waals surface area contributed by atoms with Crippen molar-refractivity contribution in [3.05, 3.63) is 23.8 Å². The van der Waals surface area contributed by atoms with E-state index in [0.29, 0.717) is 19.1 Å². The van der Waals surface area contributed by atoms with Gasteiger partial charge in [0.1, 0.15) is 6.61 Å². The molecule has 0 atom stereocenters. The number of ether oxygens (including phenoxy) is 3. The Bertz CT molecular complexity index is 380. The zero-order valence-corrected chi connectivity index (χ0v) is 13.1. The highest BCUT2D eigenvalue weighted by molar-refractivity contribution is 5.42. The minimum atomic E-state index is 0.535. The molecule has 114 valence electrons. The molecule has 0 bridgehead atoms. The Morgan fingerprint density at radius 1 is 1.15 bits per heavy atom. The van der Waals surface area contributed by atoms with E-state index in [2.05, 4.69) is 26.1 Å². The van der Waals surface area contributed by atoms with E-state index in [-0.39, 0.29) is 0 Å². The molecule has 0 aliphatic heterocycles. The van der Waals surface area contributed by atoms with E-state index in [0.717, 1.165) is 31.2 Å². The van der Waals surface area contributed by atoms with Crippen LogP contribution in [-0.2, 0) is 11.3 Å². The second-order valence-corrected chi connectivity index (χ2v) is 5.08. The van der Waals surface area contributed by atoms with E-state index in [1.165, 1.54) is 5.56 Å². The summed E-state index contributed by atoms with van der Waals surface area (Å²) < 4.78 is 16.6. The van der Waals surface area contributed by atoms with Crippen LogP contribution in [0.1, 0.15) is 26.3 Å². The third kappa shape index (κ3) is 6.26. The molecular weight excluding hydrogens is 254 g/mol. The highest BCUT2D eigenvalue weighted by Gasteiger charge is 2.06. The van der Waals surface area contributed by atoms with Gasteiger partial charge in [-0.05, 0) is 30.2 Å². The van der Waals surface area contributed by atoms with Gasteiger partial charge in [0.05, 0.1) is 13.7 Å². The van der Waals surface area contributed by atoms with E-state index >= 15 is 0 Å². The Hall–Kier alpha value is -1.26. The molecule has 0 spiro atoms. The summed E-state index contributed by atoms with van der Waals surface area (Å²) >= 11 is 0. The van der Waals surface area contributed by atoms with Gasteiger partial charge in [0.15, 0.2) is 11.5 Å². The smallest absolute Gasteiger partial charge is 0.161 e. The quantitative estimate of drug-likeness (QED) is 0.669. The number of rotatable bonds is 10. The van der Waals surface area contributed by atoms with Crippen molar-refractivity contribution in [1.29, 1.82) is 0 Å². The Morgan fingerprint density at radius 3 is 2.60 bits per heavy atom. The summed E-state index contributed by atoms with van der Waals surface area (Å²) in [6.07, 6.45) is 0. The average molecular weight is 281 g/mol. The molecule has 0 fully saturated rings. The van der Waals surface area contributed by atoms with E-state index in [1.807, 2.05) is 18.2 Å². The molecular formula is C16H27NO3. The predicted molar refractivity (Wildman–Crippen MR) is 81.5 cm³/mol. The van der Waals surface area contributed by atoms with Crippen LogP contribution in [0.5, 0.6) is 11.5 Å². The number of hydrogen-bond acceptors (Lipinski definition) is 4. The fraction of sp³-hybridized carbons (Fsp3) is 0.625. The summed E-state index contributed by atoms with van der Waals surface area (Å²) in [6.45, 7) is 10.0. The lowest BCUT2D eigenvalue weighted by Gasteiger charge is -2.13. The number of methoxy groups -OCH3 is 1. The number of benzene rings is 1. The van der Waals surface area contributed by atoms with Crippen molar-refractivity contribution in [1.82, 2.24) is 5.32 Å². The fourth-order valence-electron chi connectivity index (χ4n) is 1.74. The molecule has 0 unspecified atom stereocenters. The maximum Gasteiger partial charge on any atom is 0.161 e. The molecule has 0 amide bonds. The van der Waals surface area contributed by atoms with E-state index in [9.17, 15) is 0 Å². The molecule has 0 saturated carbocycles. The summed E-state index contributed by atoms with van der Waals surface area (Å²) in [5.74, 6) is 2.08. The fourth-order valence-corrected chi connectivity index (χ4v) is 1.74. The standard InChI is InChI=1S/C16H27NO3/c1-5-17-11-14-6-7-15(18-4)16(10-14)20-9-8-19-12-13(2)3/h6-7,10,13,17H,5,8-9,11-12H2,1-4H3. The van der Waals surface area contributed by atoms with E-state index < -0.39 is 0 Å². The lowest BCUT2D eigenvalue weighted by atomic mass is 10.2. The predicted octanol–water partition coefficient (Wildman–Crippen LogP) is 2.86. The van der Waals surface area contributed by atoms with Crippen molar-refractivity contribution >= 4 is 0 Å². The second-order valence-electron chi connectivity index (χ2n) is 5.08. The van der Waals surface area contributed by atoms with Crippen LogP contribution in [0.15, 0.2) is 18.2 Å². The molecule has 1 aromatic rings. The van der Waals surface area contributed by atoms with Crippen molar-refractivity contribution in [2.24, 2.45) is 5.92 Å². The van der Waals surface area contributed by atoms with Crippen LogP contribution in [0.25, 0.3) is 0 Å². The van der Waals surface area contributed by atoms with Crippen LogP contribution in [0.4, 0.5) is 0 Å². The first kappa shape index (κ1) is 16.8. The molecule has 0 aliphatic carbocycles. The minimum Gasteiger partial charge on any atom is -0.493 e. The first-order valence-electron chi connectivity index (χ1n) is 7.25. The second kappa shape index (κ2) is 9.61. The summed E-state index contributed by atoms with van der Waals surface area (Å²) in [4.78, 5) is 0. The molecule has 4 heteroatoms. The molecule has 0 saturated heterocycles. The van der Waals surface area contributed by atoms with Gasteiger partial charge in [-0.25, -0.2) is 0 Å². The van der Waals surface area contributed by atoms with Gasteiger partial charge in [-0.2, -0.15) is 0 Å². The van der Waals surface area contributed by atoms with Crippen LogP contribution >= 0.6 is 0 Å². The van der Waals surface area contributed by atoms with Gasteiger partial charge in [-0.15, -0.1) is 0 Å². The van der Waals surface area contributed by atoms with Crippen molar-refractivity contribution in [2.75, 3.05) is 33.5 Å². The summed E-state index contributed by atoms with van der Waals surface area (Å²) in [6, 6.07) is 6.00. The monoisotopic (exact) mass is 281 g/mol. The van der Waals surface area contributed by atoms with Gasteiger partial charge in [0.2, 0.25) is 0 Å². The highest BCUT2D eigenvalue weighted by Crippen LogP contribution is 2.28. The molecule has 0 heterocycles. The van der Waals surface area contributed by atoms with Gasteiger partial charge in [0, 0.05) is 13.2 Å². The summed E-state index contributed by atoms with van der Waals surface area (Å²) in [7, 11) is 1.65. The molecule has 20 heavy (non-hydrogen) atoms. The highest BCUT2D eigenvalue weighted by atomic mass is 16.5. The average Bonchev–Trinajstić information content (AvgIpc) is 2.44. The first-order chi connectivity index (χ1) is 9.67. The largest absolute Gasteiger partial charge is 0.493 e. The zero-order chi connectivity index (χ0) is 14.8. The van der Waals surface area contributed by atoms with Crippen molar-refractivity contribution < 1.29 is 14.2 Å². The normalized spacial score (nSPS) is 10.8. The SMILES string of the molecule is CCNCc1ccc(OC)c(OCCOCC(C)C)c1. The molecule has 0 radical (unpaired) electrons. The summed E-state index contributed by atoms with van der Waals surface area (Å²) in [5.41, 5.74) is 1.19. The van der Waals surface area contributed by atoms with Crippen LogP contribution in [-0.4, -0.2) is 33.5 Å².